The monoisotopic (exact) mass is 272 g/mol. The minimum atomic E-state index is 0.663. The van der Waals surface area contributed by atoms with Crippen molar-refractivity contribution < 1.29 is 0 Å². The van der Waals surface area contributed by atoms with E-state index in [1.807, 2.05) is 0 Å². The van der Waals surface area contributed by atoms with Gasteiger partial charge in [-0.15, -0.1) is 0 Å². The molecule has 0 radical (unpaired) electrons. The van der Waals surface area contributed by atoms with Gasteiger partial charge in [0.25, 0.3) is 0 Å². The van der Waals surface area contributed by atoms with E-state index in [-0.39, 0.29) is 0 Å². The zero-order chi connectivity index (χ0) is 14.5. The Kier molecular flexibility index (Phi) is 5.38. The van der Waals surface area contributed by atoms with E-state index in [2.05, 4.69) is 55.8 Å². The summed E-state index contributed by atoms with van der Waals surface area (Å²) in [6.45, 7) is 15.0. The van der Waals surface area contributed by atoms with Gasteiger partial charge < -0.3 is 5.32 Å². The lowest BCUT2D eigenvalue weighted by Gasteiger charge is -2.32. The fourth-order valence-electron chi connectivity index (χ4n) is 2.93. The molecule has 2 heteroatoms. The molecule has 0 aliphatic carbocycles. The number of aryl methyl sites for hydroxylation is 1. The number of benzene rings is 1. The highest BCUT2D eigenvalue weighted by Gasteiger charge is 2.18. The molecule has 0 amide bonds. The van der Waals surface area contributed by atoms with Crippen molar-refractivity contribution in [3.05, 3.63) is 47.0 Å². The molecule has 1 aliphatic rings. The van der Waals surface area contributed by atoms with Gasteiger partial charge in [0.05, 0.1) is 0 Å². The molecule has 1 N–H and O–H groups in total. The first-order chi connectivity index (χ1) is 9.56. The Bertz CT molecular complexity index is 456. The maximum absolute atomic E-state index is 4.00. The second-order valence-corrected chi connectivity index (χ2v) is 6.25. The maximum atomic E-state index is 4.00. The van der Waals surface area contributed by atoms with Crippen molar-refractivity contribution in [3.63, 3.8) is 0 Å². The molecule has 0 spiro atoms. The molecule has 2 rings (SSSR count). The van der Waals surface area contributed by atoms with Gasteiger partial charge >= 0.3 is 0 Å². The number of rotatable bonds is 5. The molecule has 1 heterocycles. The predicted octanol–water partition coefficient (Wildman–Crippen LogP) is 3.43. The second-order valence-electron chi connectivity index (χ2n) is 6.25. The third-order valence-electron chi connectivity index (χ3n) is 4.38. The average Bonchev–Trinajstić information content (AvgIpc) is 2.41. The molecule has 0 unspecified atom stereocenters. The summed E-state index contributed by atoms with van der Waals surface area (Å²) in [5.74, 6) is 0. The molecule has 1 fully saturated rings. The highest BCUT2D eigenvalue weighted by atomic mass is 15.1. The van der Waals surface area contributed by atoms with Crippen LogP contribution in [0.15, 0.2) is 30.4 Å². The van der Waals surface area contributed by atoms with Gasteiger partial charge in [-0.3, -0.25) is 4.90 Å². The molecule has 0 saturated carbocycles. The van der Waals surface area contributed by atoms with Gasteiger partial charge in [-0.1, -0.05) is 30.4 Å². The highest BCUT2D eigenvalue weighted by Crippen LogP contribution is 2.15. The number of hydrogen-bond donors (Lipinski definition) is 1. The normalized spacial score (nSPS) is 17.4. The number of nitrogens with zero attached hydrogens (tertiary/aromatic N) is 1. The average molecular weight is 272 g/mol. The van der Waals surface area contributed by atoms with E-state index in [4.69, 9.17) is 0 Å². The van der Waals surface area contributed by atoms with Crippen molar-refractivity contribution in [1.29, 1.82) is 0 Å². The van der Waals surface area contributed by atoms with Gasteiger partial charge in [-0.25, -0.2) is 0 Å². The van der Waals surface area contributed by atoms with Gasteiger partial charge in [0, 0.05) is 19.1 Å². The van der Waals surface area contributed by atoms with Crippen molar-refractivity contribution in [1.82, 2.24) is 10.2 Å². The first kappa shape index (κ1) is 15.3. The fourth-order valence-corrected chi connectivity index (χ4v) is 2.93. The molecule has 20 heavy (non-hydrogen) atoms. The quantitative estimate of drug-likeness (QED) is 0.826. The molecule has 1 saturated heterocycles. The topological polar surface area (TPSA) is 15.3 Å². The van der Waals surface area contributed by atoms with Gasteiger partial charge in [-0.2, -0.15) is 0 Å². The van der Waals surface area contributed by atoms with Crippen molar-refractivity contribution in [2.24, 2.45) is 0 Å². The molecule has 0 aromatic heterocycles. The summed E-state index contributed by atoms with van der Waals surface area (Å²) in [5.41, 5.74) is 5.53. The van der Waals surface area contributed by atoms with Crippen LogP contribution in [0.1, 0.15) is 36.5 Å². The van der Waals surface area contributed by atoms with E-state index in [0.29, 0.717) is 6.04 Å². The van der Waals surface area contributed by atoms with Crippen LogP contribution in [0, 0.1) is 13.8 Å². The van der Waals surface area contributed by atoms with E-state index >= 15 is 0 Å². The minimum absolute atomic E-state index is 0.663. The lowest BCUT2D eigenvalue weighted by molar-refractivity contribution is 0.211. The second kappa shape index (κ2) is 7.05. The molecule has 1 aromatic carbocycles. The lowest BCUT2D eigenvalue weighted by Crippen LogP contribution is -2.42. The molecular formula is C18H28N2. The maximum Gasteiger partial charge on any atom is 0.0210 e. The molecule has 0 bridgehead atoms. The molecular weight excluding hydrogens is 244 g/mol. The summed E-state index contributed by atoms with van der Waals surface area (Å²) in [6.07, 6.45) is 2.50. The van der Waals surface area contributed by atoms with Gasteiger partial charge in [0.1, 0.15) is 0 Å². The Morgan fingerprint density at radius 3 is 2.65 bits per heavy atom. The molecule has 0 atom stereocenters. The van der Waals surface area contributed by atoms with Gasteiger partial charge in [0.15, 0.2) is 0 Å². The SMILES string of the molecule is C=C(C)CN1CCC(NCc2cccc(C)c2C)CC1. The Balaban J connectivity index is 1.79. The van der Waals surface area contributed by atoms with E-state index in [9.17, 15) is 0 Å². The van der Waals surface area contributed by atoms with E-state index < -0.39 is 0 Å². The van der Waals surface area contributed by atoms with Crippen LogP contribution in [-0.2, 0) is 6.54 Å². The van der Waals surface area contributed by atoms with Crippen LogP contribution in [-0.4, -0.2) is 30.6 Å². The van der Waals surface area contributed by atoms with Crippen LogP contribution in [0.5, 0.6) is 0 Å². The molecule has 110 valence electrons. The van der Waals surface area contributed by atoms with E-state index in [1.54, 1.807) is 0 Å². The summed E-state index contributed by atoms with van der Waals surface area (Å²) < 4.78 is 0. The van der Waals surface area contributed by atoms with E-state index in [0.717, 1.165) is 13.1 Å². The van der Waals surface area contributed by atoms with Crippen LogP contribution in [0.25, 0.3) is 0 Å². The summed E-state index contributed by atoms with van der Waals surface area (Å²) in [7, 11) is 0. The third kappa shape index (κ3) is 4.19. The molecule has 1 aliphatic heterocycles. The van der Waals surface area contributed by atoms with Gasteiger partial charge in [-0.05, 0) is 63.4 Å². The van der Waals surface area contributed by atoms with Gasteiger partial charge in [0.2, 0.25) is 0 Å². The summed E-state index contributed by atoms with van der Waals surface area (Å²) in [6, 6.07) is 7.26. The number of nitrogens with one attached hydrogen (secondary N) is 1. The van der Waals surface area contributed by atoms with Crippen LogP contribution < -0.4 is 5.32 Å². The lowest BCUT2D eigenvalue weighted by atomic mass is 10.0. The zero-order valence-electron chi connectivity index (χ0n) is 13.2. The van der Waals surface area contributed by atoms with Crippen molar-refractivity contribution in [3.8, 4) is 0 Å². The number of hydrogen-bond acceptors (Lipinski definition) is 2. The van der Waals surface area contributed by atoms with Crippen LogP contribution in [0.2, 0.25) is 0 Å². The van der Waals surface area contributed by atoms with Crippen LogP contribution in [0.3, 0.4) is 0 Å². The van der Waals surface area contributed by atoms with Crippen molar-refractivity contribution in [2.75, 3.05) is 19.6 Å². The Morgan fingerprint density at radius 1 is 1.30 bits per heavy atom. The Hall–Kier alpha value is -1.12. The first-order valence-corrected chi connectivity index (χ1v) is 7.71. The zero-order valence-corrected chi connectivity index (χ0v) is 13.2. The smallest absolute Gasteiger partial charge is 0.0210 e. The molecule has 2 nitrogen and oxygen atoms in total. The standard InChI is InChI=1S/C18H28N2/c1-14(2)13-20-10-8-18(9-11-20)19-12-17-7-5-6-15(3)16(17)4/h5-7,18-19H,1,8-13H2,2-4H3. The van der Waals surface area contributed by atoms with Crippen LogP contribution in [0.4, 0.5) is 0 Å². The largest absolute Gasteiger partial charge is 0.310 e. The van der Waals surface area contributed by atoms with Crippen molar-refractivity contribution in [2.45, 2.75) is 46.2 Å². The highest BCUT2D eigenvalue weighted by molar-refractivity contribution is 5.32. The first-order valence-electron chi connectivity index (χ1n) is 7.71. The predicted molar refractivity (Wildman–Crippen MR) is 87.0 cm³/mol. The summed E-state index contributed by atoms with van der Waals surface area (Å²) >= 11 is 0. The third-order valence-corrected chi connectivity index (χ3v) is 4.38. The van der Waals surface area contributed by atoms with E-state index in [1.165, 1.54) is 48.2 Å². The van der Waals surface area contributed by atoms with Crippen molar-refractivity contribution >= 4 is 0 Å². The number of likely N-dealkylation sites (tertiary alicyclic amines) is 1. The Labute approximate surface area is 123 Å². The molecule has 1 aromatic rings. The van der Waals surface area contributed by atoms with Crippen LogP contribution >= 0.6 is 0 Å². The summed E-state index contributed by atoms with van der Waals surface area (Å²) in [4.78, 5) is 2.51. The fraction of sp³-hybridized carbons (Fsp3) is 0.556. The summed E-state index contributed by atoms with van der Waals surface area (Å²) in [5, 5.41) is 3.73. The number of piperidine rings is 1. The minimum Gasteiger partial charge on any atom is -0.310 e. The Morgan fingerprint density at radius 2 is 2.00 bits per heavy atom.